The van der Waals surface area contributed by atoms with Gasteiger partial charge in [0, 0.05) is 0 Å². The molecule has 3 nitrogen and oxygen atoms in total. The summed E-state index contributed by atoms with van der Waals surface area (Å²) in [6, 6.07) is 0. The molecule has 0 aromatic heterocycles. The van der Waals surface area contributed by atoms with Crippen molar-refractivity contribution >= 4 is 14.8 Å². The zero-order valence-electron chi connectivity index (χ0n) is 13.9. The van der Waals surface area contributed by atoms with E-state index in [1.54, 1.807) is 0 Å². The summed E-state index contributed by atoms with van der Waals surface area (Å²) in [5.41, 5.74) is 0. The van der Waals surface area contributed by atoms with Gasteiger partial charge in [0.2, 0.25) is 0 Å². The van der Waals surface area contributed by atoms with Crippen molar-refractivity contribution in [3.63, 3.8) is 0 Å². The normalized spacial score (nSPS) is 10.5. The smallest absolute Gasteiger partial charge is 0.350 e. The van der Waals surface area contributed by atoms with Gasteiger partial charge in [-0.3, -0.25) is 0 Å². The van der Waals surface area contributed by atoms with Crippen molar-refractivity contribution in [2.24, 2.45) is 0 Å². The van der Waals surface area contributed by atoms with Gasteiger partial charge in [-0.25, -0.2) is 0 Å². The Balaban J connectivity index is 5.61. The molecule has 0 bridgehead atoms. The second kappa shape index (κ2) is 13.5. The summed E-state index contributed by atoms with van der Waals surface area (Å²) < 4.78 is 7.33. The molecular formula is C18H30AlN3. The van der Waals surface area contributed by atoms with Gasteiger partial charge in [-0.1, -0.05) is 36.5 Å². The van der Waals surface area contributed by atoms with Gasteiger partial charge in [-0.2, -0.15) is 0 Å². The lowest BCUT2D eigenvalue weighted by molar-refractivity contribution is 0.331. The highest BCUT2D eigenvalue weighted by Crippen LogP contribution is 2.10. The maximum atomic E-state index is 3.90. The predicted octanol–water partition coefficient (Wildman–Crippen LogP) is 2.99. The third-order valence-electron chi connectivity index (χ3n) is 3.16. The lowest BCUT2D eigenvalue weighted by Gasteiger charge is -2.39. The van der Waals surface area contributed by atoms with E-state index in [1.807, 2.05) is 36.5 Å². The van der Waals surface area contributed by atoms with E-state index in [9.17, 15) is 0 Å². The van der Waals surface area contributed by atoms with Crippen LogP contribution in [0, 0.1) is 0 Å². The van der Waals surface area contributed by atoms with Gasteiger partial charge in [0.15, 0.2) is 0 Å². The van der Waals surface area contributed by atoms with E-state index < -0.39 is 14.8 Å². The van der Waals surface area contributed by atoms with Crippen LogP contribution >= 0.6 is 0 Å². The Morgan fingerprint density at radius 1 is 0.455 bits per heavy atom. The van der Waals surface area contributed by atoms with Crippen molar-refractivity contribution in [1.29, 1.82) is 0 Å². The van der Waals surface area contributed by atoms with Crippen molar-refractivity contribution in [2.45, 2.75) is 0 Å². The fourth-order valence-corrected chi connectivity index (χ4v) is 5.89. The monoisotopic (exact) mass is 315 g/mol. The molecule has 0 aromatic carbocycles. The summed E-state index contributed by atoms with van der Waals surface area (Å²) in [5.74, 6) is 0. The molecular weight excluding hydrogens is 285 g/mol. The summed E-state index contributed by atoms with van der Waals surface area (Å²) >= 11 is -1.61. The lowest BCUT2D eigenvalue weighted by Crippen LogP contribution is -2.63. The number of hydrogen-bond acceptors (Lipinski definition) is 3. The highest BCUT2D eigenvalue weighted by Gasteiger charge is 2.39. The topological polar surface area (TPSA) is 9.72 Å². The molecule has 0 rings (SSSR count). The van der Waals surface area contributed by atoms with Crippen LogP contribution < -0.4 is 0 Å². The predicted molar refractivity (Wildman–Crippen MR) is 102 cm³/mol. The number of rotatable bonds is 15. The quantitative estimate of drug-likeness (QED) is 0.340. The Morgan fingerprint density at radius 2 is 0.636 bits per heavy atom. The molecule has 4 heteroatoms. The Labute approximate surface area is 141 Å². The molecule has 120 valence electrons. The first-order valence-electron chi connectivity index (χ1n) is 7.57. The van der Waals surface area contributed by atoms with E-state index in [1.165, 1.54) is 0 Å². The highest BCUT2D eigenvalue weighted by atomic mass is 27.2. The largest absolute Gasteiger partial charge is 0.610 e. The molecule has 0 amide bonds. The third-order valence-corrected chi connectivity index (χ3v) is 6.39. The van der Waals surface area contributed by atoms with E-state index in [0.717, 1.165) is 39.3 Å². The Morgan fingerprint density at radius 3 is 0.773 bits per heavy atom. The Bertz CT molecular complexity index is 291. The van der Waals surface area contributed by atoms with Crippen LogP contribution in [0.1, 0.15) is 0 Å². The van der Waals surface area contributed by atoms with Gasteiger partial charge in [-0.15, -0.1) is 39.5 Å². The molecule has 0 spiro atoms. The molecule has 0 atom stereocenters. The number of nitrogens with zero attached hydrogens (tertiary/aromatic N) is 3. The Kier molecular flexibility index (Phi) is 12.8. The standard InChI is InChI=1S/3C6H10N.Al/c3*1-3-5-7-6-4-2;/h3*3-4H,1-2,5-6H2;/q3*-1;+3. The molecule has 0 radical (unpaired) electrons. The summed E-state index contributed by atoms with van der Waals surface area (Å²) in [5, 5.41) is 0. The first-order valence-corrected chi connectivity index (χ1v) is 9.12. The molecule has 0 aliphatic carbocycles. The maximum absolute atomic E-state index is 3.90. The SMILES string of the molecule is C=CC[N](CC=C)[Al]([N](CC=C)CC=C)[N](CC=C)CC=C. The third kappa shape index (κ3) is 7.22. The van der Waals surface area contributed by atoms with Crippen LogP contribution in [0.4, 0.5) is 0 Å². The molecule has 0 fully saturated rings. The molecule has 0 aromatic rings. The average Bonchev–Trinajstić information content (AvgIpc) is 2.49. The molecule has 0 aliphatic rings. The van der Waals surface area contributed by atoms with Crippen LogP contribution in [0.2, 0.25) is 0 Å². The minimum Gasteiger partial charge on any atom is -0.350 e. The van der Waals surface area contributed by atoms with E-state index in [-0.39, 0.29) is 0 Å². The summed E-state index contributed by atoms with van der Waals surface area (Å²) in [4.78, 5) is 0. The Hall–Kier alpha value is -1.15. The van der Waals surface area contributed by atoms with E-state index in [0.29, 0.717) is 0 Å². The second-order valence-electron chi connectivity index (χ2n) is 4.94. The summed E-state index contributed by atoms with van der Waals surface area (Å²) in [6.45, 7) is 28.4. The van der Waals surface area contributed by atoms with Gasteiger partial charge in [0.1, 0.15) is 0 Å². The molecule has 0 aliphatic heterocycles. The number of hydrogen-bond donors (Lipinski definition) is 0. The van der Waals surface area contributed by atoms with Crippen LogP contribution in [0.5, 0.6) is 0 Å². The second-order valence-corrected chi connectivity index (χ2v) is 7.82. The van der Waals surface area contributed by atoms with E-state index >= 15 is 0 Å². The summed E-state index contributed by atoms with van der Waals surface area (Å²) in [7, 11) is 0. The molecule has 0 unspecified atom stereocenters. The molecule has 0 N–H and O–H groups in total. The lowest BCUT2D eigenvalue weighted by atomic mass is 10.5. The van der Waals surface area contributed by atoms with Crippen LogP contribution in [0.15, 0.2) is 75.9 Å². The van der Waals surface area contributed by atoms with Crippen molar-refractivity contribution in [2.75, 3.05) is 39.3 Å². The first kappa shape index (κ1) is 20.9. The van der Waals surface area contributed by atoms with Crippen LogP contribution in [0.3, 0.4) is 0 Å². The fraction of sp³-hybridized carbons (Fsp3) is 0.333. The van der Waals surface area contributed by atoms with Gasteiger partial charge in [0.05, 0.1) is 0 Å². The first-order chi connectivity index (χ1) is 10.7. The van der Waals surface area contributed by atoms with E-state index in [2.05, 4.69) is 51.1 Å². The van der Waals surface area contributed by atoms with Crippen molar-refractivity contribution < 1.29 is 0 Å². The van der Waals surface area contributed by atoms with Crippen molar-refractivity contribution in [3.05, 3.63) is 75.9 Å². The minimum atomic E-state index is -1.61. The van der Waals surface area contributed by atoms with E-state index in [4.69, 9.17) is 0 Å². The average molecular weight is 315 g/mol. The fourth-order valence-electron chi connectivity index (χ4n) is 2.48. The van der Waals surface area contributed by atoms with Gasteiger partial charge < -0.3 is 11.7 Å². The van der Waals surface area contributed by atoms with Crippen LogP contribution in [0.25, 0.3) is 0 Å². The minimum absolute atomic E-state index is 0.832. The van der Waals surface area contributed by atoms with Gasteiger partial charge in [-0.05, 0) is 39.3 Å². The molecule has 0 saturated carbocycles. The zero-order chi connectivity index (χ0) is 16.8. The summed E-state index contributed by atoms with van der Waals surface area (Å²) in [6.07, 6.45) is 11.7. The van der Waals surface area contributed by atoms with Crippen molar-refractivity contribution in [3.8, 4) is 0 Å². The molecule has 0 heterocycles. The highest BCUT2D eigenvalue weighted by molar-refractivity contribution is 6.49. The zero-order valence-corrected chi connectivity index (χ0v) is 15.0. The van der Waals surface area contributed by atoms with Crippen LogP contribution in [-0.2, 0) is 0 Å². The maximum Gasteiger partial charge on any atom is 0.610 e. The van der Waals surface area contributed by atoms with Crippen LogP contribution in [-0.4, -0.2) is 65.7 Å². The molecule has 22 heavy (non-hydrogen) atoms. The van der Waals surface area contributed by atoms with Crippen molar-refractivity contribution in [1.82, 2.24) is 11.7 Å². The van der Waals surface area contributed by atoms with Gasteiger partial charge >= 0.3 is 14.8 Å². The van der Waals surface area contributed by atoms with Gasteiger partial charge in [0.25, 0.3) is 0 Å². The molecule has 0 saturated heterocycles.